The Hall–Kier alpha value is -2.99. The van der Waals surface area contributed by atoms with E-state index in [1.54, 1.807) is 0 Å². The van der Waals surface area contributed by atoms with Gasteiger partial charge < -0.3 is 0 Å². The maximum Gasteiger partial charge on any atom is 0.163 e. The summed E-state index contributed by atoms with van der Waals surface area (Å²) in [6.07, 6.45) is 8.08. The highest BCUT2D eigenvalue weighted by molar-refractivity contribution is 6.01. The molecule has 1 aliphatic carbocycles. The van der Waals surface area contributed by atoms with Crippen LogP contribution in [0.1, 0.15) is 137 Å². The first kappa shape index (κ1) is 34.2. The van der Waals surface area contributed by atoms with Crippen molar-refractivity contribution in [3.8, 4) is 11.8 Å². The average molecular weight is 557 g/mol. The van der Waals surface area contributed by atoms with Crippen molar-refractivity contribution in [2.45, 2.75) is 120 Å². The quantitative estimate of drug-likeness (QED) is 0.205. The molecule has 3 nitrogen and oxygen atoms in total. The first-order valence-electron chi connectivity index (χ1n) is 15.9. The lowest BCUT2D eigenvalue weighted by molar-refractivity contribution is -0.129. The molecule has 1 aliphatic rings. The van der Waals surface area contributed by atoms with Gasteiger partial charge in [0.05, 0.1) is 6.42 Å². The molecule has 0 radical (unpaired) electrons. The molecule has 3 unspecified atom stereocenters. The standard InChI is InChI=1S/C35H44O3.C3H8/c1-7-11-30(31(10-4)33(37)18-23(5)36)19-27-20-32-28(9-3)22-29(24(6)35(32)34(38)21-27)17-16-26-14-12-25(8-2)13-15-26;1-3-2/h12-15,22,27,30-31H,7-11,18-21H2,1-6H3;3H2,1-2H3. The van der Waals surface area contributed by atoms with Crippen LogP contribution in [-0.4, -0.2) is 17.3 Å². The highest BCUT2D eigenvalue weighted by Crippen LogP contribution is 2.38. The largest absolute Gasteiger partial charge is 0.300 e. The van der Waals surface area contributed by atoms with Gasteiger partial charge in [-0.1, -0.05) is 84.8 Å². The molecule has 0 saturated carbocycles. The Morgan fingerprint density at radius 2 is 1.61 bits per heavy atom. The molecule has 3 atom stereocenters. The molecule has 0 spiro atoms. The van der Waals surface area contributed by atoms with E-state index in [1.165, 1.54) is 30.0 Å². The van der Waals surface area contributed by atoms with E-state index in [1.807, 2.05) is 13.8 Å². The summed E-state index contributed by atoms with van der Waals surface area (Å²) in [5, 5.41) is 0. The summed E-state index contributed by atoms with van der Waals surface area (Å²) in [4.78, 5) is 38.1. The van der Waals surface area contributed by atoms with Crippen LogP contribution in [0, 0.1) is 36.5 Å². The minimum atomic E-state index is -0.105. The highest BCUT2D eigenvalue weighted by atomic mass is 16.1. The molecular formula is C38H52O3. The number of rotatable bonds is 11. The number of carbonyl (C=O) groups is 3. The third kappa shape index (κ3) is 9.53. The predicted octanol–water partition coefficient (Wildman–Crippen LogP) is 9.06. The molecule has 0 N–H and O–H groups in total. The minimum absolute atomic E-state index is 0.0247. The van der Waals surface area contributed by atoms with Crippen molar-refractivity contribution < 1.29 is 14.4 Å². The number of carbonyl (C=O) groups excluding carboxylic acids is 3. The number of hydrogen-bond donors (Lipinski definition) is 0. The van der Waals surface area contributed by atoms with Crippen molar-refractivity contribution in [2.24, 2.45) is 17.8 Å². The molecule has 0 aromatic heterocycles. The fourth-order valence-corrected chi connectivity index (χ4v) is 6.28. The van der Waals surface area contributed by atoms with Crippen molar-refractivity contribution in [3.05, 3.63) is 69.3 Å². The molecule has 0 amide bonds. The van der Waals surface area contributed by atoms with Gasteiger partial charge in [0.2, 0.25) is 0 Å². The van der Waals surface area contributed by atoms with E-state index in [2.05, 4.69) is 76.8 Å². The minimum Gasteiger partial charge on any atom is -0.300 e. The van der Waals surface area contributed by atoms with E-state index in [0.29, 0.717) is 6.42 Å². The van der Waals surface area contributed by atoms with Crippen molar-refractivity contribution in [2.75, 3.05) is 0 Å². The lowest BCUT2D eigenvalue weighted by Gasteiger charge is -2.32. The third-order valence-electron chi connectivity index (χ3n) is 8.26. The Morgan fingerprint density at radius 3 is 2.15 bits per heavy atom. The number of fused-ring (bicyclic) bond motifs is 1. The number of hydrogen-bond acceptors (Lipinski definition) is 3. The third-order valence-corrected chi connectivity index (χ3v) is 8.26. The van der Waals surface area contributed by atoms with E-state index in [4.69, 9.17) is 0 Å². The molecule has 222 valence electrons. The van der Waals surface area contributed by atoms with Gasteiger partial charge >= 0.3 is 0 Å². The fraction of sp³-hybridized carbons (Fsp3) is 0.553. The van der Waals surface area contributed by atoms with Crippen LogP contribution in [0.25, 0.3) is 0 Å². The molecule has 41 heavy (non-hydrogen) atoms. The maximum atomic E-state index is 13.6. The molecule has 0 bridgehead atoms. The van der Waals surface area contributed by atoms with Crippen LogP contribution >= 0.6 is 0 Å². The Morgan fingerprint density at radius 1 is 0.951 bits per heavy atom. The number of Topliss-reactive ketones (excluding diaryl/α,β-unsaturated/α-hetero) is 3. The van der Waals surface area contributed by atoms with Crippen molar-refractivity contribution in [1.29, 1.82) is 0 Å². The summed E-state index contributed by atoms with van der Waals surface area (Å²) in [7, 11) is 0. The number of aryl methyl sites for hydroxylation is 2. The molecule has 3 heteroatoms. The van der Waals surface area contributed by atoms with Gasteiger partial charge in [0.15, 0.2) is 5.78 Å². The van der Waals surface area contributed by atoms with Gasteiger partial charge in [0.25, 0.3) is 0 Å². The number of ketones is 3. The lowest BCUT2D eigenvalue weighted by atomic mass is 9.71. The fourth-order valence-electron chi connectivity index (χ4n) is 6.28. The van der Waals surface area contributed by atoms with Gasteiger partial charge in [-0.2, -0.15) is 0 Å². The summed E-state index contributed by atoms with van der Waals surface area (Å²) in [5.74, 6) is 7.20. The van der Waals surface area contributed by atoms with E-state index in [-0.39, 0.29) is 41.5 Å². The monoisotopic (exact) mass is 556 g/mol. The summed E-state index contributed by atoms with van der Waals surface area (Å²) >= 11 is 0. The normalized spacial score (nSPS) is 15.5. The molecule has 0 saturated heterocycles. The first-order chi connectivity index (χ1) is 19.6. The van der Waals surface area contributed by atoms with Crippen molar-refractivity contribution >= 4 is 17.3 Å². The highest BCUT2D eigenvalue weighted by Gasteiger charge is 2.34. The first-order valence-corrected chi connectivity index (χ1v) is 15.9. The second-order valence-electron chi connectivity index (χ2n) is 11.8. The van der Waals surface area contributed by atoms with Crippen LogP contribution in [-0.2, 0) is 28.9 Å². The van der Waals surface area contributed by atoms with E-state index < -0.39 is 0 Å². The Kier molecular flexibility index (Phi) is 14.3. The molecule has 2 aromatic rings. The Bertz CT molecular complexity index is 1240. The number of benzene rings is 2. The van der Waals surface area contributed by atoms with Crippen LogP contribution < -0.4 is 0 Å². The van der Waals surface area contributed by atoms with Gasteiger partial charge in [0, 0.05) is 29.0 Å². The van der Waals surface area contributed by atoms with Crippen LogP contribution in [0.4, 0.5) is 0 Å². The zero-order valence-electron chi connectivity index (χ0n) is 26.9. The Labute approximate surface area is 249 Å². The second-order valence-corrected chi connectivity index (χ2v) is 11.8. The van der Waals surface area contributed by atoms with E-state index in [9.17, 15) is 14.4 Å². The molecule has 0 aliphatic heterocycles. The zero-order valence-corrected chi connectivity index (χ0v) is 26.9. The average Bonchev–Trinajstić information content (AvgIpc) is 2.93. The maximum absolute atomic E-state index is 13.6. The summed E-state index contributed by atoms with van der Waals surface area (Å²) in [5.41, 5.74) is 7.48. The molecule has 3 rings (SSSR count). The van der Waals surface area contributed by atoms with Gasteiger partial charge in [-0.3, -0.25) is 14.4 Å². The topological polar surface area (TPSA) is 51.2 Å². The van der Waals surface area contributed by atoms with E-state index in [0.717, 1.165) is 67.2 Å². The van der Waals surface area contributed by atoms with Crippen LogP contribution in [0.15, 0.2) is 30.3 Å². The smallest absolute Gasteiger partial charge is 0.163 e. The second kappa shape index (κ2) is 17.1. The SMILES string of the molecule is CCC.CCCC(CC1CC(=O)c2c(C)c(C#Cc3ccc(CC)cc3)cc(CC)c2C1)C(CC)C(=O)CC(C)=O. The summed E-state index contributed by atoms with van der Waals surface area (Å²) in [6.45, 7) is 16.3. The van der Waals surface area contributed by atoms with Gasteiger partial charge in [-0.15, -0.1) is 0 Å². The summed E-state index contributed by atoms with van der Waals surface area (Å²) in [6, 6.07) is 10.5. The van der Waals surface area contributed by atoms with Crippen LogP contribution in [0.5, 0.6) is 0 Å². The summed E-state index contributed by atoms with van der Waals surface area (Å²) < 4.78 is 0. The van der Waals surface area contributed by atoms with E-state index >= 15 is 0 Å². The van der Waals surface area contributed by atoms with Gasteiger partial charge in [-0.25, -0.2) is 0 Å². The molecular weight excluding hydrogens is 504 g/mol. The van der Waals surface area contributed by atoms with Crippen molar-refractivity contribution in [3.63, 3.8) is 0 Å². The van der Waals surface area contributed by atoms with Gasteiger partial charge in [-0.05, 0) is 98.2 Å². The Balaban J connectivity index is 0.00000187. The lowest BCUT2D eigenvalue weighted by Crippen LogP contribution is -2.30. The van der Waals surface area contributed by atoms with Crippen molar-refractivity contribution in [1.82, 2.24) is 0 Å². The predicted molar refractivity (Wildman–Crippen MR) is 172 cm³/mol. The van der Waals surface area contributed by atoms with Crippen LogP contribution in [0.3, 0.4) is 0 Å². The zero-order chi connectivity index (χ0) is 30.5. The van der Waals surface area contributed by atoms with Crippen LogP contribution in [0.2, 0.25) is 0 Å². The van der Waals surface area contributed by atoms with Gasteiger partial charge in [0.1, 0.15) is 11.6 Å². The molecule has 2 aromatic carbocycles. The molecule has 0 fully saturated rings. The molecule has 0 heterocycles.